The van der Waals surface area contributed by atoms with Crippen LogP contribution in [0.2, 0.25) is 0 Å². The predicted molar refractivity (Wildman–Crippen MR) is 88.4 cm³/mol. The first-order valence-electron chi connectivity index (χ1n) is 6.98. The van der Waals surface area contributed by atoms with E-state index in [0.29, 0.717) is 28.5 Å². The Morgan fingerprint density at radius 1 is 1.25 bits per heavy atom. The van der Waals surface area contributed by atoms with Gasteiger partial charge < -0.3 is 0 Å². The van der Waals surface area contributed by atoms with Crippen LogP contribution in [0.4, 0.5) is 11.4 Å². The summed E-state index contributed by atoms with van der Waals surface area (Å²) in [5.74, 6) is 0.386. The van der Waals surface area contributed by atoms with Gasteiger partial charge in [0, 0.05) is 5.69 Å². The summed E-state index contributed by atoms with van der Waals surface area (Å²) >= 11 is 0. The zero-order chi connectivity index (χ0) is 17.1. The Morgan fingerprint density at radius 2 is 2.00 bits per heavy atom. The third-order valence-corrected chi connectivity index (χ3v) is 3.49. The zero-order valence-corrected chi connectivity index (χ0v) is 12.6. The van der Waals surface area contributed by atoms with Crippen molar-refractivity contribution in [1.29, 1.82) is 0 Å². The van der Waals surface area contributed by atoms with Crippen molar-refractivity contribution < 1.29 is 4.79 Å². The van der Waals surface area contributed by atoms with Crippen molar-refractivity contribution in [3.05, 3.63) is 70.1 Å². The van der Waals surface area contributed by atoms with E-state index in [-0.39, 0.29) is 5.56 Å². The molecule has 1 N–H and O–H groups in total. The van der Waals surface area contributed by atoms with E-state index >= 15 is 0 Å². The lowest BCUT2D eigenvalue weighted by Gasteiger charge is -2.00. The van der Waals surface area contributed by atoms with Gasteiger partial charge in [0.2, 0.25) is 6.08 Å². The summed E-state index contributed by atoms with van der Waals surface area (Å²) in [4.78, 5) is 33.9. The molecule has 0 aliphatic rings. The van der Waals surface area contributed by atoms with Crippen molar-refractivity contribution in [3.8, 4) is 16.9 Å². The van der Waals surface area contributed by atoms with Crippen molar-refractivity contribution in [2.24, 2.45) is 4.99 Å². The first kappa shape index (κ1) is 15.2. The average molecular weight is 317 g/mol. The van der Waals surface area contributed by atoms with Gasteiger partial charge in [0.05, 0.1) is 24.0 Å². The lowest BCUT2D eigenvalue weighted by atomic mass is 10.1. The monoisotopic (exact) mass is 317 g/mol. The molecule has 7 nitrogen and oxygen atoms in total. The molecule has 0 saturated heterocycles. The van der Waals surface area contributed by atoms with E-state index in [2.05, 4.69) is 19.9 Å². The van der Waals surface area contributed by atoms with Crippen LogP contribution in [-0.2, 0) is 4.79 Å². The SMILES string of the molecule is [C-]#[N+]c1ccc(-c2c(C)[nH]n(-c3ccc(N=C=O)cn3)c2=O)cc1. The number of nitrogens with zero attached hydrogens (tertiary/aromatic N) is 4. The fourth-order valence-corrected chi connectivity index (χ4v) is 2.38. The minimum Gasteiger partial charge on any atom is -0.293 e. The maximum atomic E-state index is 12.7. The van der Waals surface area contributed by atoms with Crippen molar-refractivity contribution in [2.75, 3.05) is 0 Å². The van der Waals surface area contributed by atoms with Crippen LogP contribution >= 0.6 is 0 Å². The van der Waals surface area contributed by atoms with Crippen LogP contribution in [0.1, 0.15) is 5.69 Å². The van der Waals surface area contributed by atoms with Crippen LogP contribution in [-0.4, -0.2) is 20.8 Å². The molecule has 3 rings (SSSR count). The Hall–Kier alpha value is -3.75. The molecular weight excluding hydrogens is 306 g/mol. The molecule has 0 bridgehead atoms. The quantitative estimate of drug-likeness (QED) is 0.458. The number of aliphatic imine (C=N–C) groups is 1. The van der Waals surface area contributed by atoms with Gasteiger partial charge in [0.25, 0.3) is 5.56 Å². The number of carbonyl (C=O) groups excluding carboxylic acids is 1. The van der Waals surface area contributed by atoms with Gasteiger partial charge in [-0.3, -0.25) is 9.89 Å². The third-order valence-electron chi connectivity index (χ3n) is 3.49. The Balaban J connectivity index is 2.07. The predicted octanol–water partition coefficient (Wildman–Crippen LogP) is 3.05. The van der Waals surface area contributed by atoms with Crippen molar-refractivity contribution >= 4 is 17.5 Å². The van der Waals surface area contributed by atoms with Gasteiger partial charge in [-0.15, -0.1) is 0 Å². The van der Waals surface area contributed by atoms with Gasteiger partial charge in [-0.1, -0.05) is 24.3 Å². The van der Waals surface area contributed by atoms with E-state index in [1.54, 1.807) is 43.3 Å². The van der Waals surface area contributed by atoms with Crippen molar-refractivity contribution in [1.82, 2.24) is 14.8 Å². The maximum Gasteiger partial charge on any atom is 0.280 e. The molecule has 0 aliphatic heterocycles. The first-order valence-corrected chi connectivity index (χ1v) is 6.98. The molecule has 1 aromatic carbocycles. The zero-order valence-electron chi connectivity index (χ0n) is 12.6. The fourth-order valence-electron chi connectivity index (χ4n) is 2.38. The van der Waals surface area contributed by atoms with E-state index in [0.717, 1.165) is 5.56 Å². The first-order chi connectivity index (χ1) is 11.6. The minimum absolute atomic E-state index is 0.248. The highest BCUT2D eigenvalue weighted by Crippen LogP contribution is 2.23. The van der Waals surface area contributed by atoms with Gasteiger partial charge in [-0.2, -0.15) is 4.99 Å². The molecule has 24 heavy (non-hydrogen) atoms. The van der Waals surface area contributed by atoms with Gasteiger partial charge in [0.15, 0.2) is 11.5 Å². The van der Waals surface area contributed by atoms with Gasteiger partial charge in [-0.05, 0) is 24.6 Å². The van der Waals surface area contributed by atoms with E-state index in [4.69, 9.17) is 6.57 Å². The molecule has 2 aromatic heterocycles. The highest BCUT2D eigenvalue weighted by atomic mass is 16.1. The van der Waals surface area contributed by atoms with E-state index < -0.39 is 0 Å². The molecule has 0 fully saturated rings. The topological polar surface area (TPSA) is 84.5 Å². The number of hydrogen-bond acceptors (Lipinski definition) is 4. The van der Waals surface area contributed by atoms with Crippen LogP contribution in [0.15, 0.2) is 52.4 Å². The summed E-state index contributed by atoms with van der Waals surface area (Å²) in [5, 5.41) is 2.98. The summed E-state index contributed by atoms with van der Waals surface area (Å²) in [5.41, 5.74) is 2.56. The smallest absolute Gasteiger partial charge is 0.280 e. The Morgan fingerprint density at radius 3 is 2.58 bits per heavy atom. The standard InChI is InChI=1S/C17H11N5O2/c1-11-16(12-3-5-13(18-2)6-4-12)17(24)22(21-11)15-8-7-14(9-19-15)20-10-23/h3-9,21H,1H3. The Labute approximate surface area is 136 Å². The van der Waals surface area contributed by atoms with Crippen LogP contribution in [0, 0.1) is 13.5 Å². The van der Waals surface area contributed by atoms with Crippen molar-refractivity contribution in [2.45, 2.75) is 6.92 Å². The molecule has 116 valence electrons. The van der Waals surface area contributed by atoms with Gasteiger partial charge >= 0.3 is 0 Å². The number of hydrogen-bond donors (Lipinski definition) is 1. The second-order valence-corrected chi connectivity index (χ2v) is 4.99. The van der Waals surface area contributed by atoms with Crippen LogP contribution < -0.4 is 5.56 Å². The van der Waals surface area contributed by atoms with Crippen molar-refractivity contribution in [3.63, 3.8) is 0 Å². The van der Waals surface area contributed by atoms with E-state index in [9.17, 15) is 9.59 Å². The molecule has 0 amide bonds. The second-order valence-electron chi connectivity index (χ2n) is 4.99. The largest absolute Gasteiger partial charge is 0.293 e. The minimum atomic E-state index is -0.248. The van der Waals surface area contributed by atoms with E-state index in [1.807, 2.05) is 0 Å². The van der Waals surface area contributed by atoms with E-state index in [1.165, 1.54) is 17.0 Å². The normalized spacial score (nSPS) is 10.0. The molecule has 0 aliphatic carbocycles. The summed E-state index contributed by atoms with van der Waals surface area (Å²) in [6.45, 7) is 8.77. The van der Waals surface area contributed by atoms with Gasteiger partial charge in [0.1, 0.15) is 0 Å². The summed E-state index contributed by atoms with van der Waals surface area (Å²) in [6.07, 6.45) is 2.82. The average Bonchev–Trinajstić information content (AvgIpc) is 2.90. The number of benzene rings is 1. The molecule has 3 aromatic rings. The van der Waals surface area contributed by atoms with Gasteiger partial charge in [-0.25, -0.2) is 19.3 Å². The number of aryl methyl sites for hydroxylation is 1. The Bertz CT molecular complexity index is 1030. The molecular formula is C17H11N5O2. The lowest BCUT2D eigenvalue weighted by Crippen LogP contribution is -2.16. The molecule has 7 heteroatoms. The number of nitrogens with one attached hydrogen (secondary N) is 1. The molecule has 0 radical (unpaired) electrons. The third kappa shape index (κ3) is 2.65. The number of isocyanates is 1. The maximum absolute atomic E-state index is 12.7. The molecule has 0 spiro atoms. The molecule has 0 atom stereocenters. The number of aromatic nitrogens is 3. The Kier molecular flexibility index (Phi) is 3.89. The number of aromatic amines is 1. The summed E-state index contributed by atoms with van der Waals surface area (Å²) < 4.78 is 1.32. The highest BCUT2D eigenvalue weighted by molar-refractivity contribution is 5.68. The summed E-state index contributed by atoms with van der Waals surface area (Å²) in [7, 11) is 0. The fraction of sp³-hybridized carbons (Fsp3) is 0.0588. The second kappa shape index (κ2) is 6.16. The van der Waals surface area contributed by atoms with Crippen LogP contribution in [0.3, 0.4) is 0 Å². The number of rotatable bonds is 3. The number of pyridine rings is 1. The molecule has 2 heterocycles. The van der Waals surface area contributed by atoms with Crippen LogP contribution in [0.25, 0.3) is 21.8 Å². The highest BCUT2D eigenvalue weighted by Gasteiger charge is 2.14. The molecule has 0 unspecified atom stereocenters. The lowest BCUT2D eigenvalue weighted by molar-refractivity contribution is 0.565. The molecule has 0 saturated carbocycles. The van der Waals surface area contributed by atoms with Crippen LogP contribution in [0.5, 0.6) is 0 Å². The summed E-state index contributed by atoms with van der Waals surface area (Å²) in [6, 6.07) is 9.97. The number of H-pyrrole nitrogens is 1.